The second-order valence-electron chi connectivity index (χ2n) is 7.02. The van der Waals surface area contributed by atoms with E-state index in [0.29, 0.717) is 24.2 Å². The Labute approximate surface area is 173 Å². The Morgan fingerprint density at radius 2 is 1.81 bits per heavy atom. The smallest absolute Gasteiger partial charge is 0.422 e. The third kappa shape index (κ3) is 4.52. The zero-order valence-corrected chi connectivity index (χ0v) is 16.0. The number of benzene rings is 2. The van der Waals surface area contributed by atoms with Crippen LogP contribution in [-0.2, 0) is 12.8 Å². The highest BCUT2D eigenvalue weighted by Crippen LogP contribution is 2.29. The average Bonchev–Trinajstić information content (AvgIpc) is 3.32. The van der Waals surface area contributed by atoms with Crippen LogP contribution < -0.4 is 10.1 Å². The summed E-state index contributed by atoms with van der Waals surface area (Å²) in [7, 11) is 0. The van der Waals surface area contributed by atoms with Crippen molar-refractivity contribution >= 4 is 11.6 Å². The Morgan fingerprint density at radius 1 is 1.06 bits per heavy atom. The third-order valence-corrected chi connectivity index (χ3v) is 4.81. The van der Waals surface area contributed by atoms with E-state index < -0.39 is 30.3 Å². The van der Waals surface area contributed by atoms with Gasteiger partial charge in [-0.1, -0.05) is 0 Å². The SMILES string of the molecule is O=C(Nc1ccc(OCC(F)(F)F)cc1)c1nn(-c2ccc(F)c(F)c2)c2c1CCC2. The summed E-state index contributed by atoms with van der Waals surface area (Å²) >= 11 is 0. The minimum absolute atomic E-state index is 0.0128. The Bertz CT molecular complexity index is 1120. The van der Waals surface area contributed by atoms with Crippen LogP contribution in [0.1, 0.15) is 28.2 Å². The van der Waals surface area contributed by atoms with Gasteiger partial charge in [0.05, 0.1) is 5.69 Å². The van der Waals surface area contributed by atoms with Gasteiger partial charge in [0.2, 0.25) is 0 Å². The molecule has 1 amide bonds. The number of carbonyl (C=O) groups excluding carboxylic acids is 1. The summed E-state index contributed by atoms with van der Waals surface area (Å²) in [6.07, 6.45) is -2.40. The first kappa shape index (κ1) is 20.8. The van der Waals surface area contributed by atoms with Gasteiger partial charge in [0.25, 0.3) is 5.91 Å². The topological polar surface area (TPSA) is 56.1 Å². The molecule has 1 aliphatic carbocycles. The molecule has 0 atom stereocenters. The molecule has 4 rings (SSSR count). The summed E-state index contributed by atoms with van der Waals surface area (Å²) in [5.74, 6) is -2.49. The Kier molecular flexibility index (Phi) is 5.38. The minimum atomic E-state index is -4.44. The van der Waals surface area contributed by atoms with Crippen molar-refractivity contribution in [2.24, 2.45) is 0 Å². The molecule has 3 aromatic rings. The van der Waals surface area contributed by atoms with Crippen molar-refractivity contribution in [1.82, 2.24) is 9.78 Å². The van der Waals surface area contributed by atoms with Crippen LogP contribution in [0.3, 0.4) is 0 Å². The predicted molar refractivity (Wildman–Crippen MR) is 101 cm³/mol. The molecule has 1 heterocycles. The molecule has 0 saturated heterocycles. The van der Waals surface area contributed by atoms with Gasteiger partial charge in [-0.15, -0.1) is 0 Å². The van der Waals surface area contributed by atoms with Gasteiger partial charge < -0.3 is 10.1 Å². The van der Waals surface area contributed by atoms with E-state index >= 15 is 0 Å². The van der Waals surface area contributed by atoms with Gasteiger partial charge in [-0.05, 0) is 55.7 Å². The van der Waals surface area contributed by atoms with Gasteiger partial charge in [-0.3, -0.25) is 4.79 Å². The van der Waals surface area contributed by atoms with Gasteiger partial charge in [-0.25, -0.2) is 13.5 Å². The third-order valence-electron chi connectivity index (χ3n) is 4.81. The molecule has 0 fully saturated rings. The number of anilines is 1. The number of nitrogens with zero attached hydrogens (tertiary/aromatic N) is 2. The molecule has 1 aromatic heterocycles. The normalized spacial score (nSPS) is 13.2. The largest absolute Gasteiger partial charge is 0.484 e. The Balaban J connectivity index is 1.53. The van der Waals surface area contributed by atoms with Crippen LogP contribution in [0.25, 0.3) is 5.69 Å². The fourth-order valence-corrected chi connectivity index (χ4v) is 3.44. The van der Waals surface area contributed by atoms with Gasteiger partial charge in [0.1, 0.15) is 5.75 Å². The minimum Gasteiger partial charge on any atom is -0.484 e. The number of hydrogen-bond donors (Lipinski definition) is 1. The summed E-state index contributed by atoms with van der Waals surface area (Å²) in [5, 5.41) is 6.95. The summed E-state index contributed by atoms with van der Waals surface area (Å²) in [6.45, 7) is -1.41. The zero-order chi connectivity index (χ0) is 22.2. The van der Waals surface area contributed by atoms with E-state index in [1.807, 2.05) is 0 Å². The second-order valence-corrected chi connectivity index (χ2v) is 7.02. The second kappa shape index (κ2) is 8.01. The fraction of sp³-hybridized carbons (Fsp3) is 0.238. The molecule has 10 heteroatoms. The van der Waals surface area contributed by atoms with Gasteiger partial charge in [0, 0.05) is 23.0 Å². The molecule has 0 saturated carbocycles. The lowest BCUT2D eigenvalue weighted by Gasteiger charge is -2.10. The first-order valence-electron chi connectivity index (χ1n) is 9.38. The van der Waals surface area contributed by atoms with E-state index in [0.717, 1.165) is 29.8 Å². The van der Waals surface area contributed by atoms with Gasteiger partial charge in [0.15, 0.2) is 23.9 Å². The van der Waals surface area contributed by atoms with E-state index in [1.54, 1.807) is 0 Å². The maximum absolute atomic E-state index is 13.7. The first-order chi connectivity index (χ1) is 14.7. The lowest BCUT2D eigenvalue weighted by Crippen LogP contribution is -2.19. The van der Waals surface area contributed by atoms with Crippen LogP contribution in [0.15, 0.2) is 42.5 Å². The highest BCUT2D eigenvalue weighted by atomic mass is 19.4. The summed E-state index contributed by atoms with van der Waals surface area (Å²) < 4.78 is 69.7. The molecular formula is C21H16F5N3O2. The fourth-order valence-electron chi connectivity index (χ4n) is 3.44. The molecule has 0 radical (unpaired) electrons. The summed E-state index contributed by atoms with van der Waals surface area (Å²) in [4.78, 5) is 12.8. The summed E-state index contributed by atoms with van der Waals surface area (Å²) in [6, 6.07) is 8.84. The highest BCUT2D eigenvalue weighted by Gasteiger charge is 2.29. The summed E-state index contributed by atoms with van der Waals surface area (Å²) in [5.41, 5.74) is 2.30. The number of ether oxygens (including phenoxy) is 1. The van der Waals surface area contributed by atoms with Crippen molar-refractivity contribution in [1.29, 1.82) is 0 Å². The van der Waals surface area contributed by atoms with E-state index in [4.69, 9.17) is 0 Å². The van der Waals surface area contributed by atoms with Crippen molar-refractivity contribution in [2.45, 2.75) is 25.4 Å². The number of amides is 1. The Morgan fingerprint density at radius 3 is 2.48 bits per heavy atom. The van der Waals surface area contributed by atoms with E-state index in [9.17, 15) is 26.7 Å². The number of aromatic nitrogens is 2. The van der Waals surface area contributed by atoms with Gasteiger partial charge in [-0.2, -0.15) is 18.3 Å². The maximum Gasteiger partial charge on any atom is 0.422 e. The molecule has 0 spiro atoms. The molecule has 1 aliphatic rings. The van der Waals surface area contributed by atoms with Crippen LogP contribution >= 0.6 is 0 Å². The lowest BCUT2D eigenvalue weighted by molar-refractivity contribution is -0.153. The standard InChI is InChI=1S/C21H16F5N3O2/c22-16-9-6-13(10-17(16)23)29-18-3-1-2-15(18)19(28-29)20(30)27-12-4-7-14(8-5-12)31-11-21(24,25)26/h4-10H,1-3,11H2,(H,27,30). The van der Waals surface area contributed by atoms with Crippen molar-refractivity contribution < 1.29 is 31.5 Å². The van der Waals surface area contributed by atoms with E-state index in [1.165, 1.54) is 35.0 Å². The molecule has 0 unspecified atom stereocenters. The molecular weight excluding hydrogens is 421 g/mol. The van der Waals surface area contributed by atoms with Gasteiger partial charge >= 0.3 is 6.18 Å². The number of hydrogen-bond acceptors (Lipinski definition) is 3. The van der Waals surface area contributed by atoms with Crippen molar-refractivity contribution in [3.63, 3.8) is 0 Å². The molecule has 1 N–H and O–H groups in total. The quantitative estimate of drug-likeness (QED) is 0.582. The van der Waals surface area contributed by atoms with E-state index in [2.05, 4.69) is 15.2 Å². The number of nitrogens with one attached hydrogen (secondary N) is 1. The van der Waals surface area contributed by atoms with Crippen molar-refractivity contribution in [3.05, 3.63) is 71.1 Å². The van der Waals surface area contributed by atoms with Crippen LogP contribution in [-0.4, -0.2) is 28.5 Å². The zero-order valence-electron chi connectivity index (χ0n) is 16.0. The number of fused-ring (bicyclic) bond motifs is 1. The highest BCUT2D eigenvalue weighted by molar-refractivity contribution is 6.04. The van der Waals surface area contributed by atoms with E-state index in [-0.39, 0.29) is 11.4 Å². The predicted octanol–water partition coefficient (Wildman–Crippen LogP) is 4.83. The lowest BCUT2D eigenvalue weighted by atomic mass is 10.2. The molecule has 2 aromatic carbocycles. The molecule has 0 bridgehead atoms. The number of halogens is 5. The monoisotopic (exact) mass is 437 g/mol. The Hall–Kier alpha value is -3.43. The van der Waals surface area contributed by atoms with Crippen LogP contribution in [0, 0.1) is 11.6 Å². The molecule has 31 heavy (non-hydrogen) atoms. The molecule has 162 valence electrons. The number of rotatable bonds is 5. The maximum atomic E-state index is 13.7. The molecule has 5 nitrogen and oxygen atoms in total. The number of carbonyl (C=O) groups is 1. The van der Waals surface area contributed by atoms with Crippen LogP contribution in [0.2, 0.25) is 0 Å². The van der Waals surface area contributed by atoms with Crippen LogP contribution in [0.4, 0.5) is 27.6 Å². The molecule has 0 aliphatic heterocycles. The average molecular weight is 437 g/mol. The van der Waals surface area contributed by atoms with Crippen molar-refractivity contribution in [3.8, 4) is 11.4 Å². The van der Waals surface area contributed by atoms with Crippen molar-refractivity contribution in [2.75, 3.05) is 11.9 Å². The number of alkyl halides is 3. The first-order valence-corrected chi connectivity index (χ1v) is 9.38. The van der Waals surface area contributed by atoms with Crippen LogP contribution in [0.5, 0.6) is 5.75 Å².